The summed E-state index contributed by atoms with van der Waals surface area (Å²) in [5.74, 6) is -0.484. The molecule has 1 aliphatic heterocycles. The number of imidazole rings is 1. The summed E-state index contributed by atoms with van der Waals surface area (Å²) in [5, 5.41) is 5.24. The van der Waals surface area contributed by atoms with Crippen molar-refractivity contribution in [2.45, 2.75) is 32.4 Å². The highest BCUT2D eigenvalue weighted by Gasteiger charge is 2.33. The Bertz CT molecular complexity index is 1190. The Morgan fingerprint density at radius 3 is 2.79 bits per heavy atom. The summed E-state index contributed by atoms with van der Waals surface area (Å²) in [6.45, 7) is 2.51. The number of benzene rings is 1. The Balaban J connectivity index is 1.39. The maximum Gasteiger partial charge on any atom is 0.255 e. The average molecular weight is 450 g/mol. The van der Waals surface area contributed by atoms with Crippen molar-refractivity contribution in [1.29, 1.82) is 0 Å². The van der Waals surface area contributed by atoms with Gasteiger partial charge in [0.1, 0.15) is 24.0 Å². The number of carbonyl (C=O) groups is 3. The van der Waals surface area contributed by atoms with E-state index >= 15 is 0 Å². The second-order valence-corrected chi connectivity index (χ2v) is 7.98. The standard InChI is InChI=1S/C24H27N5O4/c1-16-7-5-11-28-14-17(27-22(16)28)15-33-20-10-4-3-8-18(20)23(31)26-13-21(30)29-12-6-9-19(29)24(32)25-2/h3-5,7-8,10-11,14,19H,6,9,12-13,15H2,1-2H3,(H,25,32)(H,26,31). The summed E-state index contributed by atoms with van der Waals surface area (Å²) in [7, 11) is 1.55. The van der Waals surface area contributed by atoms with Crippen LogP contribution in [0.5, 0.6) is 5.75 Å². The molecule has 0 bridgehead atoms. The predicted octanol–water partition coefficient (Wildman–Crippen LogP) is 1.69. The molecule has 0 spiro atoms. The summed E-state index contributed by atoms with van der Waals surface area (Å²) in [5.41, 5.74) is 2.99. The van der Waals surface area contributed by atoms with Crippen molar-refractivity contribution in [3.8, 4) is 5.75 Å². The summed E-state index contributed by atoms with van der Waals surface area (Å²) in [4.78, 5) is 43.5. The van der Waals surface area contributed by atoms with Gasteiger partial charge in [-0.3, -0.25) is 14.4 Å². The van der Waals surface area contributed by atoms with E-state index in [1.54, 1.807) is 31.3 Å². The normalized spacial score (nSPS) is 15.5. The molecule has 3 amide bonds. The van der Waals surface area contributed by atoms with Gasteiger partial charge in [-0.25, -0.2) is 4.98 Å². The first-order valence-electron chi connectivity index (χ1n) is 10.9. The summed E-state index contributed by atoms with van der Waals surface area (Å²) in [6.07, 6.45) is 5.20. The molecule has 1 atom stereocenters. The number of hydrogen-bond donors (Lipinski definition) is 2. The molecule has 2 aromatic heterocycles. The van der Waals surface area contributed by atoms with E-state index < -0.39 is 11.9 Å². The van der Waals surface area contributed by atoms with E-state index in [2.05, 4.69) is 15.6 Å². The molecule has 9 heteroatoms. The first-order chi connectivity index (χ1) is 16.0. The molecule has 0 saturated carbocycles. The number of amides is 3. The highest BCUT2D eigenvalue weighted by molar-refractivity contribution is 5.99. The monoisotopic (exact) mass is 449 g/mol. The molecule has 1 aromatic carbocycles. The van der Waals surface area contributed by atoms with E-state index in [9.17, 15) is 14.4 Å². The predicted molar refractivity (Wildman–Crippen MR) is 122 cm³/mol. The van der Waals surface area contributed by atoms with Crippen LogP contribution in [0, 0.1) is 6.92 Å². The molecule has 3 aromatic rings. The first-order valence-corrected chi connectivity index (χ1v) is 10.9. The van der Waals surface area contributed by atoms with Crippen LogP contribution in [0.25, 0.3) is 5.65 Å². The fourth-order valence-corrected chi connectivity index (χ4v) is 4.06. The number of hydrogen-bond acceptors (Lipinski definition) is 5. The van der Waals surface area contributed by atoms with Crippen molar-refractivity contribution < 1.29 is 19.1 Å². The van der Waals surface area contributed by atoms with Crippen LogP contribution < -0.4 is 15.4 Å². The summed E-state index contributed by atoms with van der Waals surface area (Å²) < 4.78 is 7.83. The third-order valence-corrected chi connectivity index (χ3v) is 5.76. The molecule has 1 aliphatic rings. The van der Waals surface area contributed by atoms with Gasteiger partial charge < -0.3 is 24.7 Å². The molecular formula is C24H27N5O4. The topological polar surface area (TPSA) is 105 Å². The van der Waals surface area contributed by atoms with E-state index in [1.165, 1.54) is 4.90 Å². The zero-order valence-electron chi connectivity index (χ0n) is 18.7. The van der Waals surface area contributed by atoms with Crippen LogP contribution >= 0.6 is 0 Å². The second-order valence-electron chi connectivity index (χ2n) is 7.98. The number of likely N-dealkylation sites (N-methyl/N-ethyl adjacent to an activating group) is 1. The highest BCUT2D eigenvalue weighted by Crippen LogP contribution is 2.20. The van der Waals surface area contributed by atoms with E-state index in [0.717, 1.165) is 23.3 Å². The zero-order valence-corrected chi connectivity index (χ0v) is 18.7. The lowest BCUT2D eigenvalue weighted by Gasteiger charge is -2.23. The number of para-hydroxylation sites is 1. The molecule has 1 saturated heterocycles. The number of rotatable bonds is 7. The van der Waals surface area contributed by atoms with Gasteiger partial charge in [-0.2, -0.15) is 0 Å². The van der Waals surface area contributed by atoms with Crippen molar-refractivity contribution in [3.63, 3.8) is 0 Å². The molecule has 1 fully saturated rings. The first kappa shape index (κ1) is 22.3. The van der Waals surface area contributed by atoms with E-state index in [0.29, 0.717) is 24.3 Å². The van der Waals surface area contributed by atoms with Crippen LogP contribution in [0.3, 0.4) is 0 Å². The van der Waals surface area contributed by atoms with Gasteiger partial charge in [-0.15, -0.1) is 0 Å². The Hall–Kier alpha value is -3.88. The molecule has 33 heavy (non-hydrogen) atoms. The maximum absolute atomic E-state index is 12.8. The average Bonchev–Trinajstić information content (AvgIpc) is 3.49. The molecule has 1 unspecified atom stereocenters. The fraction of sp³-hybridized carbons (Fsp3) is 0.333. The van der Waals surface area contributed by atoms with Gasteiger partial charge in [-0.05, 0) is 43.5 Å². The van der Waals surface area contributed by atoms with Crippen molar-refractivity contribution >= 4 is 23.4 Å². The van der Waals surface area contributed by atoms with Gasteiger partial charge >= 0.3 is 0 Å². The third kappa shape index (κ3) is 4.82. The molecule has 3 heterocycles. The molecule has 4 rings (SSSR count). The van der Waals surface area contributed by atoms with Gasteiger partial charge in [0.25, 0.3) is 5.91 Å². The van der Waals surface area contributed by atoms with E-state index in [1.807, 2.05) is 35.9 Å². The lowest BCUT2D eigenvalue weighted by molar-refractivity contribution is -0.137. The minimum atomic E-state index is -0.482. The summed E-state index contributed by atoms with van der Waals surface area (Å²) >= 11 is 0. The Morgan fingerprint density at radius 1 is 1.18 bits per heavy atom. The molecule has 0 aliphatic carbocycles. The van der Waals surface area contributed by atoms with Gasteiger partial charge in [0.05, 0.1) is 17.8 Å². The number of aryl methyl sites for hydroxylation is 1. The van der Waals surface area contributed by atoms with Crippen LogP contribution in [0.15, 0.2) is 48.8 Å². The van der Waals surface area contributed by atoms with Crippen LogP contribution in [0.4, 0.5) is 0 Å². The number of nitrogens with one attached hydrogen (secondary N) is 2. The van der Waals surface area contributed by atoms with Crippen LogP contribution in [-0.4, -0.2) is 58.2 Å². The number of pyridine rings is 1. The molecular weight excluding hydrogens is 422 g/mol. The fourth-order valence-electron chi connectivity index (χ4n) is 4.06. The number of carbonyl (C=O) groups excluding carboxylic acids is 3. The van der Waals surface area contributed by atoms with Gasteiger partial charge in [0.2, 0.25) is 11.8 Å². The van der Waals surface area contributed by atoms with Crippen molar-refractivity contribution in [1.82, 2.24) is 24.9 Å². The third-order valence-electron chi connectivity index (χ3n) is 5.76. The Labute approximate surface area is 191 Å². The maximum atomic E-state index is 12.8. The quantitative estimate of drug-likeness (QED) is 0.571. The van der Waals surface area contributed by atoms with Gasteiger partial charge in [-0.1, -0.05) is 18.2 Å². The van der Waals surface area contributed by atoms with Crippen molar-refractivity contribution in [2.24, 2.45) is 0 Å². The van der Waals surface area contributed by atoms with E-state index in [-0.39, 0.29) is 25.0 Å². The van der Waals surface area contributed by atoms with Crippen LogP contribution in [0.1, 0.15) is 34.5 Å². The van der Waals surface area contributed by atoms with Crippen molar-refractivity contribution in [2.75, 3.05) is 20.1 Å². The molecule has 0 radical (unpaired) electrons. The number of ether oxygens (including phenoxy) is 1. The number of aromatic nitrogens is 2. The van der Waals surface area contributed by atoms with Gasteiger partial charge in [0.15, 0.2) is 0 Å². The van der Waals surface area contributed by atoms with Crippen LogP contribution in [0.2, 0.25) is 0 Å². The minimum Gasteiger partial charge on any atom is -0.486 e. The number of nitrogens with zero attached hydrogens (tertiary/aromatic N) is 3. The minimum absolute atomic E-state index is 0.187. The summed E-state index contributed by atoms with van der Waals surface area (Å²) in [6, 6.07) is 10.3. The van der Waals surface area contributed by atoms with Crippen LogP contribution in [-0.2, 0) is 16.2 Å². The second kappa shape index (κ2) is 9.72. The lowest BCUT2D eigenvalue weighted by atomic mass is 10.2. The number of likely N-dealkylation sites (tertiary alicyclic amines) is 1. The van der Waals surface area contributed by atoms with Gasteiger partial charge in [0, 0.05) is 26.0 Å². The SMILES string of the molecule is CNC(=O)C1CCCN1C(=O)CNC(=O)c1ccccc1OCc1cn2cccc(C)c2n1. The lowest BCUT2D eigenvalue weighted by Crippen LogP contribution is -2.48. The molecule has 172 valence electrons. The molecule has 2 N–H and O–H groups in total. The van der Waals surface area contributed by atoms with Crippen molar-refractivity contribution in [3.05, 3.63) is 65.6 Å². The zero-order chi connectivity index (χ0) is 23.4. The van der Waals surface area contributed by atoms with E-state index in [4.69, 9.17) is 4.74 Å². The Kier molecular flexibility index (Phi) is 6.58. The molecule has 9 nitrogen and oxygen atoms in total. The largest absolute Gasteiger partial charge is 0.486 e. The number of fused-ring (bicyclic) bond motifs is 1. The Morgan fingerprint density at radius 2 is 2.00 bits per heavy atom. The highest BCUT2D eigenvalue weighted by atomic mass is 16.5. The smallest absolute Gasteiger partial charge is 0.255 e.